The standard InChI is InChI=1S/C19H23NO4S3/c1-13(21)11-17(25)20-9-10-26-18(20)8-7-15-5-3-4-6-16(15)24-19(23)12-27-14(2)22/h3-6,18H,7-12H2,1-2H3. The summed E-state index contributed by atoms with van der Waals surface area (Å²) < 4.78 is 5.44. The van der Waals surface area contributed by atoms with Crippen LogP contribution in [-0.4, -0.2) is 50.2 Å². The third kappa shape index (κ3) is 7.27. The number of para-hydroxylation sites is 1. The molecule has 1 fully saturated rings. The topological polar surface area (TPSA) is 63.7 Å². The van der Waals surface area contributed by atoms with E-state index in [9.17, 15) is 14.4 Å². The molecule has 0 radical (unpaired) electrons. The molecule has 27 heavy (non-hydrogen) atoms. The summed E-state index contributed by atoms with van der Waals surface area (Å²) in [4.78, 5) is 37.1. The van der Waals surface area contributed by atoms with Crippen molar-refractivity contribution in [2.24, 2.45) is 0 Å². The fourth-order valence-corrected chi connectivity index (χ4v) is 4.90. The van der Waals surface area contributed by atoms with Gasteiger partial charge in [0.05, 0.1) is 22.5 Å². The van der Waals surface area contributed by atoms with Gasteiger partial charge in [-0.15, -0.1) is 11.8 Å². The van der Waals surface area contributed by atoms with Gasteiger partial charge in [-0.1, -0.05) is 42.2 Å². The Morgan fingerprint density at radius 3 is 2.74 bits per heavy atom. The lowest BCUT2D eigenvalue weighted by Gasteiger charge is -2.26. The Kier molecular flexibility index (Phi) is 8.79. The number of Topliss-reactive ketones (excluding diaryl/α,β-unsaturated/α-hetero) is 1. The van der Waals surface area contributed by atoms with Gasteiger partial charge < -0.3 is 9.64 Å². The van der Waals surface area contributed by atoms with Gasteiger partial charge >= 0.3 is 5.97 Å². The normalized spacial score (nSPS) is 16.2. The van der Waals surface area contributed by atoms with Gasteiger partial charge in [-0.05, 0) is 31.4 Å². The van der Waals surface area contributed by atoms with Crippen molar-refractivity contribution in [3.63, 3.8) is 0 Å². The van der Waals surface area contributed by atoms with E-state index in [0.29, 0.717) is 17.2 Å². The van der Waals surface area contributed by atoms with Crippen LogP contribution in [0.25, 0.3) is 0 Å². The highest BCUT2D eigenvalue weighted by atomic mass is 32.2. The average molecular weight is 426 g/mol. The van der Waals surface area contributed by atoms with Crippen molar-refractivity contribution >= 4 is 57.6 Å². The monoisotopic (exact) mass is 425 g/mol. The maximum absolute atomic E-state index is 11.9. The zero-order valence-electron chi connectivity index (χ0n) is 15.4. The Hall–Kier alpha value is -1.38. The smallest absolute Gasteiger partial charge is 0.321 e. The molecule has 1 atom stereocenters. The summed E-state index contributed by atoms with van der Waals surface area (Å²) in [6, 6.07) is 7.45. The van der Waals surface area contributed by atoms with Crippen molar-refractivity contribution in [3.8, 4) is 5.75 Å². The third-order valence-electron chi connectivity index (χ3n) is 3.96. The molecule has 1 heterocycles. The van der Waals surface area contributed by atoms with Crippen LogP contribution in [0.4, 0.5) is 0 Å². The largest absolute Gasteiger partial charge is 0.426 e. The number of rotatable bonds is 8. The molecular weight excluding hydrogens is 402 g/mol. The molecule has 0 spiro atoms. The molecule has 2 rings (SSSR count). The molecule has 1 aromatic rings. The summed E-state index contributed by atoms with van der Waals surface area (Å²) in [5.41, 5.74) is 0.948. The first-order valence-corrected chi connectivity index (χ1v) is 11.1. The number of esters is 1. The van der Waals surface area contributed by atoms with Gasteiger partial charge in [0.2, 0.25) is 0 Å². The van der Waals surface area contributed by atoms with E-state index in [1.54, 1.807) is 13.0 Å². The number of hydrogen-bond donors (Lipinski definition) is 0. The molecule has 0 aromatic heterocycles. The van der Waals surface area contributed by atoms with Crippen LogP contribution in [0.3, 0.4) is 0 Å². The molecule has 8 heteroatoms. The van der Waals surface area contributed by atoms with Crippen LogP contribution in [0.2, 0.25) is 0 Å². The van der Waals surface area contributed by atoms with E-state index in [0.717, 1.165) is 42.5 Å². The van der Waals surface area contributed by atoms with Crippen LogP contribution in [-0.2, 0) is 20.8 Å². The van der Waals surface area contributed by atoms with E-state index in [4.69, 9.17) is 17.0 Å². The van der Waals surface area contributed by atoms with E-state index < -0.39 is 5.97 Å². The van der Waals surface area contributed by atoms with E-state index in [1.165, 1.54) is 6.92 Å². The second-order valence-electron chi connectivity index (χ2n) is 6.19. The maximum atomic E-state index is 11.9. The number of benzene rings is 1. The van der Waals surface area contributed by atoms with Gasteiger partial charge in [0, 0.05) is 19.2 Å². The van der Waals surface area contributed by atoms with Gasteiger partial charge in [0.15, 0.2) is 5.12 Å². The third-order valence-corrected chi connectivity index (χ3v) is 6.42. The molecule has 146 valence electrons. The molecule has 5 nitrogen and oxygen atoms in total. The number of thioether (sulfide) groups is 2. The van der Waals surface area contributed by atoms with Gasteiger partial charge in [-0.2, -0.15) is 0 Å². The van der Waals surface area contributed by atoms with Gasteiger partial charge in [0.1, 0.15) is 11.5 Å². The van der Waals surface area contributed by atoms with Gasteiger partial charge in [-0.3, -0.25) is 14.4 Å². The summed E-state index contributed by atoms with van der Waals surface area (Å²) in [5.74, 6) is 1.18. The molecule has 0 aliphatic carbocycles. The number of carbonyl (C=O) groups excluding carboxylic acids is 3. The summed E-state index contributed by atoms with van der Waals surface area (Å²) in [6.07, 6.45) is 1.90. The molecule has 1 aliphatic rings. The lowest BCUT2D eigenvalue weighted by atomic mass is 10.1. The SMILES string of the molecule is CC(=O)CC(=S)N1CCSC1CCc1ccccc1OC(=O)CSC(C)=O. The molecule has 1 saturated heterocycles. The zero-order chi connectivity index (χ0) is 19.8. The summed E-state index contributed by atoms with van der Waals surface area (Å²) >= 11 is 8.20. The van der Waals surface area contributed by atoms with Crippen molar-refractivity contribution in [1.82, 2.24) is 4.90 Å². The second-order valence-corrected chi connectivity index (χ2v) is 9.10. The first-order valence-electron chi connectivity index (χ1n) is 8.69. The number of thiocarbonyl (C=S) groups is 1. The molecule has 1 aliphatic heterocycles. The maximum Gasteiger partial charge on any atom is 0.321 e. The molecule has 0 N–H and O–H groups in total. The molecular formula is C19H23NO4S3. The number of hydrogen-bond acceptors (Lipinski definition) is 7. The number of carbonyl (C=O) groups is 3. The van der Waals surface area contributed by atoms with Gasteiger partial charge in [0.25, 0.3) is 0 Å². The van der Waals surface area contributed by atoms with Crippen LogP contribution < -0.4 is 4.74 Å². The van der Waals surface area contributed by atoms with Crippen molar-refractivity contribution in [3.05, 3.63) is 29.8 Å². The van der Waals surface area contributed by atoms with Crippen molar-refractivity contribution < 1.29 is 19.1 Å². The Labute approximate surface area is 173 Å². The zero-order valence-corrected chi connectivity index (χ0v) is 17.9. The minimum absolute atomic E-state index is 0.00917. The molecule has 0 bridgehead atoms. The van der Waals surface area contributed by atoms with Crippen molar-refractivity contribution in [2.75, 3.05) is 18.1 Å². The van der Waals surface area contributed by atoms with Crippen LogP contribution >= 0.6 is 35.7 Å². The lowest BCUT2D eigenvalue weighted by Crippen LogP contribution is -2.34. The number of ether oxygens (including phenoxy) is 1. The van der Waals surface area contributed by atoms with Gasteiger partial charge in [-0.25, -0.2) is 0 Å². The Balaban J connectivity index is 1.95. The quantitative estimate of drug-likeness (QED) is 0.356. The predicted molar refractivity (Wildman–Crippen MR) is 114 cm³/mol. The summed E-state index contributed by atoms with van der Waals surface area (Å²) in [6.45, 7) is 3.84. The number of ketones is 1. The summed E-state index contributed by atoms with van der Waals surface area (Å²) in [5, 5.41) is 0.119. The molecule has 1 aromatic carbocycles. The van der Waals surface area contributed by atoms with E-state index >= 15 is 0 Å². The highest BCUT2D eigenvalue weighted by molar-refractivity contribution is 8.14. The molecule has 0 amide bonds. The van der Waals surface area contributed by atoms with E-state index in [-0.39, 0.29) is 22.0 Å². The minimum atomic E-state index is -0.429. The van der Waals surface area contributed by atoms with E-state index in [2.05, 4.69) is 4.90 Å². The van der Waals surface area contributed by atoms with E-state index in [1.807, 2.05) is 30.0 Å². The Bertz CT molecular complexity index is 723. The molecule has 1 unspecified atom stereocenters. The van der Waals surface area contributed by atoms with Crippen LogP contribution in [0.5, 0.6) is 5.75 Å². The highest BCUT2D eigenvalue weighted by Crippen LogP contribution is 2.30. The average Bonchev–Trinajstić information content (AvgIpc) is 3.07. The lowest BCUT2D eigenvalue weighted by molar-refractivity contribution is -0.131. The van der Waals surface area contributed by atoms with Crippen molar-refractivity contribution in [1.29, 1.82) is 0 Å². The number of nitrogens with zero attached hydrogens (tertiary/aromatic N) is 1. The Morgan fingerprint density at radius 2 is 2.04 bits per heavy atom. The first kappa shape index (κ1) is 21.9. The predicted octanol–water partition coefficient (Wildman–Crippen LogP) is 3.49. The fourth-order valence-electron chi connectivity index (χ4n) is 2.76. The summed E-state index contributed by atoms with van der Waals surface area (Å²) in [7, 11) is 0. The van der Waals surface area contributed by atoms with Crippen LogP contribution in [0.15, 0.2) is 24.3 Å². The minimum Gasteiger partial charge on any atom is -0.426 e. The Morgan fingerprint density at radius 1 is 1.30 bits per heavy atom. The van der Waals surface area contributed by atoms with Crippen LogP contribution in [0, 0.1) is 0 Å². The molecule has 0 saturated carbocycles. The van der Waals surface area contributed by atoms with Crippen LogP contribution in [0.1, 0.15) is 32.3 Å². The fraction of sp³-hybridized carbons (Fsp3) is 0.474. The first-order chi connectivity index (χ1) is 12.9. The number of aryl methyl sites for hydroxylation is 1. The van der Waals surface area contributed by atoms with Crippen molar-refractivity contribution in [2.45, 2.75) is 38.5 Å². The second kappa shape index (κ2) is 10.8. The highest BCUT2D eigenvalue weighted by Gasteiger charge is 2.27.